The molecule has 3 N–H and O–H groups in total. The van der Waals surface area contributed by atoms with Crippen LogP contribution in [0, 0.1) is 3.57 Å². The predicted octanol–water partition coefficient (Wildman–Crippen LogP) is 0.482. The smallest absolute Gasteiger partial charge is 0.161 e. The van der Waals surface area contributed by atoms with Crippen molar-refractivity contribution in [3.63, 3.8) is 0 Å². The van der Waals surface area contributed by atoms with Crippen molar-refractivity contribution in [3.8, 4) is 0 Å². The van der Waals surface area contributed by atoms with Crippen LogP contribution in [0.5, 0.6) is 0 Å². The van der Waals surface area contributed by atoms with E-state index in [2.05, 4.69) is 22.6 Å². The van der Waals surface area contributed by atoms with E-state index in [4.69, 9.17) is 9.57 Å². The number of benzene rings is 1. The molecular formula is C14H20INO5. The van der Waals surface area contributed by atoms with Crippen molar-refractivity contribution in [1.82, 2.24) is 5.06 Å². The molecule has 0 spiro atoms. The molecule has 1 aliphatic rings. The number of halogens is 1. The van der Waals surface area contributed by atoms with Crippen LogP contribution in [-0.4, -0.2) is 58.1 Å². The van der Waals surface area contributed by atoms with Crippen LogP contribution in [0.3, 0.4) is 0 Å². The van der Waals surface area contributed by atoms with Gasteiger partial charge >= 0.3 is 0 Å². The molecule has 0 aliphatic carbocycles. The Hall–Kier alpha value is -0.290. The van der Waals surface area contributed by atoms with Crippen molar-refractivity contribution < 1.29 is 24.9 Å². The Kier molecular flexibility index (Phi) is 5.95. The van der Waals surface area contributed by atoms with Gasteiger partial charge in [-0.05, 0) is 47.2 Å². The van der Waals surface area contributed by atoms with Gasteiger partial charge in [-0.3, -0.25) is 4.84 Å². The van der Waals surface area contributed by atoms with Gasteiger partial charge in [-0.25, -0.2) is 0 Å². The molecule has 0 unspecified atom stereocenters. The Balaban J connectivity index is 1.93. The number of likely N-dealkylation sites (N-methyl/N-ethyl adjacent to an activating group) is 1. The highest BCUT2D eigenvalue weighted by molar-refractivity contribution is 14.1. The van der Waals surface area contributed by atoms with Crippen molar-refractivity contribution in [2.75, 3.05) is 7.05 Å². The number of aliphatic hydroxyl groups excluding tert-OH is 3. The van der Waals surface area contributed by atoms with Crippen LogP contribution < -0.4 is 0 Å². The molecule has 0 aromatic heterocycles. The van der Waals surface area contributed by atoms with Crippen LogP contribution in [0.1, 0.15) is 12.5 Å². The lowest BCUT2D eigenvalue weighted by Gasteiger charge is -2.25. The third-order valence-electron chi connectivity index (χ3n) is 3.43. The van der Waals surface area contributed by atoms with Crippen LogP contribution in [0.2, 0.25) is 0 Å². The highest BCUT2D eigenvalue weighted by Crippen LogP contribution is 2.26. The van der Waals surface area contributed by atoms with Crippen molar-refractivity contribution in [1.29, 1.82) is 0 Å². The van der Waals surface area contributed by atoms with E-state index in [1.807, 2.05) is 24.3 Å². The van der Waals surface area contributed by atoms with Crippen LogP contribution in [0.15, 0.2) is 24.3 Å². The van der Waals surface area contributed by atoms with Gasteiger partial charge in [-0.1, -0.05) is 12.1 Å². The molecule has 0 radical (unpaired) electrons. The van der Waals surface area contributed by atoms with Crippen LogP contribution in [0.25, 0.3) is 0 Å². The Morgan fingerprint density at radius 3 is 2.67 bits per heavy atom. The summed E-state index contributed by atoms with van der Waals surface area (Å²) in [5, 5.41) is 30.7. The van der Waals surface area contributed by atoms with Crippen molar-refractivity contribution in [2.24, 2.45) is 0 Å². The molecule has 0 bridgehead atoms. The summed E-state index contributed by atoms with van der Waals surface area (Å²) in [6, 6.07) is 7.86. The molecule has 1 aliphatic heterocycles. The monoisotopic (exact) mass is 409 g/mol. The molecule has 6 nitrogen and oxygen atoms in total. The quantitative estimate of drug-likeness (QED) is 0.485. The molecule has 0 amide bonds. The molecule has 1 heterocycles. The van der Waals surface area contributed by atoms with Crippen LogP contribution >= 0.6 is 22.6 Å². The summed E-state index contributed by atoms with van der Waals surface area (Å²) in [5.74, 6) is 0. The normalized spacial score (nSPS) is 30.8. The number of aliphatic hydroxyl groups is 3. The summed E-state index contributed by atoms with van der Waals surface area (Å²) in [4.78, 5) is 5.57. The second-order valence-corrected chi connectivity index (χ2v) is 6.41. The molecule has 0 saturated carbocycles. The fraction of sp³-hybridized carbons (Fsp3) is 0.571. The molecule has 1 aromatic carbocycles. The molecule has 5 atom stereocenters. The molecule has 2 rings (SSSR count). The van der Waals surface area contributed by atoms with E-state index in [0.29, 0.717) is 6.61 Å². The first-order valence-corrected chi connectivity index (χ1v) is 7.78. The standard InChI is InChI=1S/C14H20INO5/c1-8(17)13-11(18)12(19)14(21-13)16(2)20-7-9-4-3-5-10(15)6-9/h3-6,8,11-14,17-19H,7H2,1-2H3/t8-,11-,12-,13+,14+/m0/s1. The lowest BCUT2D eigenvalue weighted by Crippen LogP contribution is -2.42. The van der Waals surface area contributed by atoms with E-state index in [0.717, 1.165) is 9.13 Å². The first-order chi connectivity index (χ1) is 9.90. The zero-order valence-corrected chi connectivity index (χ0v) is 14.0. The van der Waals surface area contributed by atoms with Gasteiger partial charge in [-0.15, -0.1) is 0 Å². The number of hydrogen-bond donors (Lipinski definition) is 3. The average molecular weight is 409 g/mol. The first-order valence-electron chi connectivity index (χ1n) is 6.70. The minimum Gasteiger partial charge on any atom is -0.391 e. The van der Waals surface area contributed by atoms with Gasteiger partial charge in [0, 0.05) is 10.6 Å². The Bertz CT molecular complexity index is 472. The van der Waals surface area contributed by atoms with Gasteiger partial charge in [0.2, 0.25) is 0 Å². The van der Waals surface area contributed by atoms with Gasteiger partial charge in [0.1, 0.15) is 18.3 Å². The zero-order valence-electron chi connectivity index (χ0n) is 11.9. The largest absolute Gasteiger partial charge is 0.391 e. The van der Waals surface area contributed by atoms with Crippen molar-refractivity contribution >= 4 is 22.6 Å². The number of hydroxylamine groups is 2. The predicted molar refractivity (Wildman–Crippen MR) is 84.1 cm³/mol. The molecule has 1 fully saturated rings. The highest BCUT2D eigenvalue weighted by atomic mass is 127. The van der Waals surface area contributed by atoms with Gasteiger partial charge < -0.3 is 20.1 Å². The summed E-state index contributed by atoms with van der Waals surface area (Å²) in [7, 11) is 1.62. The first kappa shape index (κ1) is 17.1. The lowest BCUT2D eigenvalue weighted by molar-refractivity contribution is -0.259. The number of ether oxygens (including phenoxy) is 1. The maximum Gasteiger partial charge on any atom is 0.161 e. The van der Waals surface area contributed by atoms with Crippen LogP contribution in [-0.2, 0) is 16.2 Å². The molecule has 1 saturated heterocycles. The van der Waals surface area contributed by atoms with E-state index < -0.39 is 30.6 Å². The zero-order chi connectivity index (χ0) is 15.6. The molecule has 1 aromatic rings. The van der Waals surface area contributed by atoms with E-state index in [-0.39, 0.29) is 0 Å². The number of nitrogens with zero attached hydrogens (tertiary/aromatic N) is 1. The Morgan fingerprint density at radius 2 is 2.10 bits per heavy atom. The molecular weight excluding hydrogens is 389 g/mol. The second-order valence-electron chi connectivity index (χ2n) is 5.16. The average Bonchev–Trinajstić information content (AvgIpc) is 2.73. The van der Waals surface area contributed by atoms with Crippen molar-refractivity contribution in [2.45, 2.75) is 44.2 Å². The minimum absolute atomic E-state index is 0.329. The Morgan fingerprint density at radius 1 is 1.38 bits per heavy atom. The Labute approximate surface area is 137 Å². The van der Waals surface area contributed by atoms with E-state index in [9.17, 15) is 15.3 Å². The summed E-state index contributed by atoms with van der Waals surface area (Å²) in [5.41, 5.74) is 0.994. The van der Waals surface area contributed by atoms with E-state index in [1.165, 1.54) is 12.0 Å². The summed E-state index contributed by atoms with van der Waals surface area (Å²) >= 11 is 2.22. The fourth-order valence-corrected chi connectivity index (χ4v) is 2.87. The summed E-state index contributed by atoms with van der Waals surface area (Å²) < 4.78 is 6.58. The maximum absolute atomic E-state index is 9.98. The van der Waals surface area contributed by atoms with Crippen molar-refractivity contribution in [3.05, 3.63) is 33.4 Å². The van der Waals surface area contributed by atoms with Gasteiger partial charge in [-0.2, -0.15) is 5.06 Å². The molecule has 118 valence electrons. The summed E-state index contributed by atoms with van der Waals surface area (Å²) in [6.07, 6.45) is -4.79. The maximum atomic E-state index is 9.98. The van der Waals surface area contributed by atoms with E-state index in [1.54, 1.807) is 7.05 Å². The van der Waals surface area contributed by atoms with Gasteiger partial charge in [0.25, 0.3) is 0 Å². The minimum atomic E-state index is -1.14. The second kappa shape index (κ2) is 7.32. The van der Waals surface area contributed by atoms with Gasteiger partial charge in [0.15, 0.2) is 6.23 Å². The number of rotatable bonds is 5. The topological polar surface area (TPSA) is 82.4 Å². The third kappa shape index (κ3) is 4.13. The van der Waals surface area contributed by atoms with E-state index >= 15 is 0 Å². The van der Waals surface area contributed by atoms with Crippen LogP contribution in [0.4, 0.5) is 0 Å². The van der Waals surface area contributed by atoms with Gasteiger partial charge in [0.05, 0.1) is 12.7 Å². The number of hydrogen-bond acceptors (Lipinski definition) is 6. The molecule has 21 heavy (non-hydrogen) atoms. The highest BCUT2D eigenvalue weighted by Gasteiger charge is 2.46. The third-order valence-corrected chi connectivity index (χ3v) is 4.10. The lowest BCUT2D eigenvalue weighted by atomic mass is 10.1. The fourth-order valence-electron chi connectivity index (χ4n) is 2.26. The molecule has 7 heteroatoms. The SMILES string of the molecule is C[C@H](O)[C@H]1O[C@@H](N(C)OCc2cccc(I)c2)[C@@H](O)[C@@H]1O. The summed E-state index contributed by atoms with van der Waals surface area (Å²) in [6.45, 7) is 1.84.